The lowest BCUT2D eigenvalue weighted by Crippen LogP contribution is -2.25. The van der Waals surface area contributed by atoms with Crippen LogP contribution in [0.4, 0.5) is 5.69 Å². The van der Waals surface area contributed by atoms with Crippen LogP contribution in [0.3, 0.4) is 0 Å². The van der Waals surface area contributed by atoms with Crippen molar-refractivity contribution in [2.45, 2.75) is 32.6 Å². The Hall–Kier alpha value is -3.55. The van der Waals surface area contributed by atoms with Crippen LogP contribution in [0.2, 0.25) is 0 Å². The molecular weight excluding hydrogens is 410 g/mol. The largest absolute Gasteiger partial charge is 0.493 e. The number of benzene rings is 2. The minimum absolute atomic E-state index is 0.0635. The van der Waals surface area contributed by atoms with Gasteiger partial charge in [0.05, 0.1) is 25.2 Å². The van der Waals surface area contributed by atoms with Crippen LogP contribution in [0, 0.1) is 16.0 Å². The molecule has 3 aromatic rings. The first-order valence-corrected chi connectivity index (χ1v) is 10.7. The third kappa shape index (κ3) is 4.12. The zero-order valence-corrected chi connectivity index (χ0v) is 18.5. The van der Waals surface area contributed by atoms with Gasteiger partial charge in [-0.25, -0.2) is 0 Å². The highest BCUT2D eigenvalue weighted by molar-refractivity contribution is 5.99. The van der Waals surface area contributed by atoms with Crippen molar-refractivity contribution < 1.29 is 19.2 Å². The Balaban J connectivity index is 1.49. The van der Waals surface area contributed by atoms with E-state index in [0.717, 1.165) is 23.7 Å². The van der Waals surface area contributed by atoms with E-state index in [1.54, 1.807) is 6.07 Å². The highest BCUT2D eigenvalue weighted by Crippen LogP contribution is 2.35. The smallest absolute Gasteiger partial charge is 0.276 e. The average Bonchev–Trinajstić information content (AvgIpc) is 3.15. The SMILES string of the molecule is COc1cc(CCNC(=O)c2ccc3[nH]c4c(c3c2)C[C@@H](C)CC4)c([N+](=O)[O-])cc1OC. The fourth-order valence-corrected chi connectivity index (χ4v) is 4.43. The Labute approximate surface area is 186 Å². The van der Waals surface area contributed by atoms with Crippen molar-refractivity contribution in [1.29, 1.82) is 0 Å². The number of nitrogens with one attached hydrogen (secondary N) is 2. The van der Waals surface area contributed by atoms with Gasteiger partial charge in [0.25, 0.3) is 11.6 Å². The van der Waals surface area contributed by atoms with Crippen molar-refractivity contribution in [3.05, 3.63) is 62.8 Å². The fourth-order valence-electron chi connectivity index (χ4n) is 4.43. The van der Waals surface area contributed by atoms with Crippen molar-refractivity contribution >= 4 is 22.5 Å². The van der Waals surface area contributed by atoms with E-state index in [1.165, 1.54) is 38.0 Å². The first-order valence-electron chi connectivity index (χ1n) is 10.7. The van der Waals surface area contributed by atoms with Gasteiger partial charge in [0, 0.05) is 34.3 Å². The van der Waals surface area contributed by atoms with Crippen molar-refractivity contribution in [2.75, 3.05) is 20.8 Å². The minimum Gasteiger partial charge on any atom is -0.493 e. The Morgan fingerprint density at radius 2 is 1.97 bits per heavy atom. The normalized spacial score (nSPS) is 15.3. The van der Waals surface area contributed by atoms with Crippen LogP contribution in [0.1, 0.15) is 40.5 Å². The van der Waals surface area contributed by atoms with E-state index in [-0.39, 0.29) is 18.1 Å². The molecule has 168 valence electrons. The number of amides is 1. The van der Waals surface area contributed by atoms with E-state index >= 15 is 0 Å². The zero-order chi connectivity index (χ0) is 22.8. The molecule has 0 bridgehead atoms. The van der Waals surface area contributed by atoms with Crippen LogP contribution in [-0.2, 0) is 19.3 Å². The van der Waals surface area contributed by atoms with Crippen LogP contribution in [0.5, 0.6) is 11.5 Å². The van der Waals surface area contributed by atoms with Gasteiger partial charge in [-0.15, -0.1) is 0 Å². The second kappa shape index (κ2) is 8.90. The van der Waals surface area contributed by atoms with Crippen molar-refractivity contribution in [3.8, 4) is 11.5 Å². The fraction of sp³-hybridized carbons (Fsp3) is 0.375. The number of aromatic amines is 1. The molecule has 8 nitrogen and oxygen atoms in total. The van der Waals surface area contributed by atoms with Gasteiger partial charge >= 0.3 is 0 Å². The maximum absolute atomic E-state index is 12.8. The maximum Gasteiger partial charge on any atom is 0.276 e. The molecular formula is C24H27N3O5. The topological polar surface area (TPSA) is 106 Å². The van der Waals surface area contributed by atoms with Gasteiger partial charge in [-0.3, -0.25) is 14.9 Å². The molecule has 0 aliphatic heterocycles. The number of aromatic nitrogens is 1. The van der Waals surface area contributed by atoms with Gasteiger partial charge in [0.1, 0.15) is 0 Å². The number of ether oxygens (including phenoxy) is 2. The van der Waals surface area contributed by atoms with E-state index in [2.05, 4.69) is 17.2 Å². The molecule has 0 saturated heterocycles. The quantitative estimate of drug-likeness (QED) is 0.426. The van der Waals surface area contributed by atoms with E-state index in [1.807, 2.05) is 18.2 Å². The number of aryl methyl sites for hydroxylation is 1. The molecule has 0 unspecified atom stereocenters. The number of nitrogens with zero attached hydrogens (tertiary/aromatic N) is 1. The molecule has 1 aromatic heterocycles. The molecule has 1 amide bonds. The Kier molecular flexibility index (Phi) is 6.03. The lowest BCUT2D eigenvalue weighted by Gasteiger charge is -2.18. The van der Waals surface area contributed by atoms with E-state index in [9.17, 15) is 14.9 Å². The summed E-state index contributed by atoms with van der Waals surface area (Å²) in [5.41, 5.74) is 4.63. The molecule has 0 spiro atoms. The standard InChI is InChI=1S/C24H27N3O5/c1-14-4-6-19-17(10-14)18-11-16(5-7-20(18)26-19)24(28)25-9-8-15-12-22(31-2)23(32-3)13-21(15)27(29)30/h5,7,11-14,26H,4,6,8-10H2,1-3H3,(H,25,28)/t14-/m0/s1. The summed E-state index contributed by atoms with van der Waals surface area (Å²) in [6.07, 6.45) is 3.53. The highest BCUT2D eigenvalue weighted by atomic mass is 16.6. The monoisotopic (exact) mass is 437 g/mol. The summed E-state index contributed by atoms with van der Waals surface area (Å²) >= 11 is 0. The molecule has 1 atom stereocenters. The number of nitro groups is 1. The van der Waals surface area contributed by atoms with Crippen LogP contribution in [-0.4, -0.2) is 36.6 Å². The molecule has 4 rings (SSSR count). The Morgan fingerprint density at radius 1 is 1.22 bits per heavy atom. The van der Waals surface area contributed by atoms with Crippen molar-refractivity contribution in [1.82, 2.24) is 10.3 Å². The van der Waals surface area contributed by atoms with E-state index in [0.29, 0.717) is 35.0 Å². The van der Waals surface area contributed by atoms with Gasteiger partial charge in [-0.05, 0) is 61.4 Å². The molecule has 0 saturated carbocycles. The molecule has 1 heterocycles. The van der Waals surface area contributed by atoms with Crippen LogP contribution >= 0.6 is 0 Å². The lowest BCUT2D eigenvalue weighted by molar-refractivity contribution is -0.385. The number of carbonyl (C=O) groups excluding carboxylic acids is 1. The first-order chi connectivity index (χ1) is 15.4. The molecule has 0 radical (unpaired) electrons. The molecule has 32 heavy (non-hydrogen) atoms. The number of fused-ring (bicyclic) bond motifs is 3. The number of hydrogen-bond acceptors (Lipinski definition) is 5. The van der Waals surface area contributed by atoms with E-state index in [4.69, 9.17) is 9.47 Å². The summed E-state index contributed by atoms with van der Waals surface area (Å²) in [6.45, 7) is 2.52. The maximum atomic E-state index is 12.8. The van der Waals surface area contributed by atoms with Gasteiger partial charge in [0.15, 0.2) is 11.5 Å². The van der Waals surface area contributed by atoms with Crippen LogP contribution < -0.4 is 14.8 Å². The number of nitro benzene ring substituents is 1. The van der Waals surface area contributed by atoms with E-state index < -0.39 is 4.92 Å². The zero-order valence-electron chi connectivity index (χ0n) is 18.5. The molecule has 1 aliphatic carbocycles. The predicted octanol–water partition coefficient (Wildman–Crippen LogP) is 4.19. The second-order valence-corrected chi connectivity index (χ2v) is 8.29. The summed E-state index contributed by atoms with van der Waals surface area (Å²) in [7, 11) is 2.91. The Bertz CT molecular complexity index is 1180. The molecule has 2 aromatic carbocycles. The lowest BCUT2D eigenvalue weighted by atomic mass is 9.87. The number of methoxy groups -OCH3 is 2. The number of rotatable bonds is 7. The molecule has 1 aliphatic rings. The van der Waals surface area contributed by atoms with Gasteiger partial charge in [-0.1, -0.05) is 6.92 Å². The summed E-state index contributed by atoms with van der Waals surface area (Å²) in [5, 5.41) is 15.5. The second-order valence-electron chi connectivity index (χ2n) is 8.29. The molecule has 0 fully saturated rings. The van der Waals surface area contributed by atoms with Gasteiger partial charge < -0.3 is 19.8 Å². The Morgan fingerprint density at radius 3 is 2.69 bits per heavy atom. The van der Waals surface area contributed by atoms with Gasteiger partial charge in [0.2, 0.25) is 0 Å². The van der Waals surface area contributed by atoms with Crippen LogP contribution in [0.25, 0.3) is 10.9 Å². The van der Waals surface area contributed by atoms with Crippen LogP contribution in [0.15, 0.2) is 30.3 Å². The number of hydrogen-bond donors (Lipinski definition) is 2. The summed E-state index contributed by atoms with van der Waals surface area (Å²) in [4.78, 5) is 27.3. The van der Waals surface area contributed by atoms with Crippen molar-refractivity contribution in [3.63, 3.8) is 0 Å². The van der Waals surface area contributed by atoms with Gasteiger partial charge in [-0.2, -0.15) is 0 Å². The number of carbonyl (C=O) groups is 1. The summed E-state index contributed by atoms with van der Waals surface area (Å²) < 4.78 is 10.4. The summed E-state index contributed by atoms with van der Waals surface area (Å²) in [6, 6.07) is 8.63. The molecule has 2 N–H and O–H groups in total. The number of H-pyrrole nitrogens is 1. The predicted molar refractivity (Wildman–Crippen MR) is 122 cm³/mol. The summed E-state index contributed by atoms with van der Waals surface area (Å²) in [5.74, 6) is 1.14. The molecule has 8 heteroatoms. The minimum atomic E-state index is -0.455. The van der Waals surface area contributed by atoms with Crippen molar-refractivity contribution in [2.24, 2.45) is 5.92 Å². The first kappa shape index (κ1) is 21.7. The highest BCUT2D eigenvalue weighted by Gasteiger charge is 2.21. The third-order valence-electron chi connectivity index (χ3n) is 6.16. The third-order valence-corrected chi connectivity index (χ3v) is 6.16. The average molecular weight is 437 g/mol.